The van der Waals surface area contributed by atoms with Gasteiger partial charge >= 0.3 is 5.88 Å². The molecule has 2 rings (SSSR count). The molecule has 0 saturated heterocycles. The van der Waals surface area contributed by atoms with Gasteiger partial charge in [0.1, 0.15) is 16.4 Å². The van der Waals surface area contributed by atoms with Gasteiger partial charge in [0.15, 0.2) is 0 Å². The topological polar surface area (TPSA) is 65.5 Å². The van der Waals surface area contributed by atoms with Gasteiger partial charge in [0.05, 0.1) is 22.5 Å². The van der Waals surface area contributed by atoms with E-state index < -0.39 is 4.92 Å². The third kappa shape index (κ3) is 2.98. The van der Waals surface area contributed by atoms with Gasteiger partial charge < -0.3 is 9.15 Å². The van der Waals surface area contributed by atoms with Crippen LogP contribution in [0.3, 0.4) is 0 Å². The van der Waals surface area contributed by atoms with Gasteiger partial charge in [0.25, 0.3) is 0 Å². The fraction of sp³-hybridized carbons (Fsp3) is 0.167. The van der Waals surface area contributed by atoms with Gasteiger partial charge in [-0.2, -0.15) is 0 Å². The van der Waals surface area contributed by atoms with Crippen molar-refractivity contribution in [3.8, 4) is 5.75 Å². The molecule has 0 aliphatic rings. The van der Waals surface area contributed by atoms with Crippen LogP contribution in [-0.2, 0) is 0 Å². The standard InChI is InChI=1S/C12H9Br2NO4/c1-18-9-3-2-7(6-8(9)13)12(14)10-4-5-11(19-10)15(16)17/h2-6,12H,1H3. The minimum atomic E-state index is -0.562. The van der Waals surface area contributed by atoms with Crippen LogP contribution >= 0.6 is 31.9 Å². The monoisotopic (exact) mass is 389 g/mol. The van der Waals surface area contributed by atoms with Crippen LogP contribution in [0.25, 0.3) is 0 Å². The molecule has 100 valence electrons. The van der Waals surface area contributed by atoms with Crippen LogP contribution in [0.4, 0.5) is 5.88 Å². The summed E-state index contributed by atoms with van der Waals surface area (Å²) in [6.45, 7) is 0. The largest absolute Gasteiger partial charge is 0.496 e. The molecule has 7 heteroatoms. The number of halogens is 2. The molecule has 0 aliphatic heterocycles. The molecule has 1 aromatic heterocycles. The highest BCUT2D eigenvalue weighted by Crippen LogP contribution is 2.36. The highest BCUT2D eigenvalue weighted by molar-refractivity contribution is 9.10. The molecule has 0 radical (unpaired) electrons. The number of methoxy groups -OCH3 is 1. The van der Waals surface area contributed by atoms with Crippen molar-refractivity contribution in [2.75, 3.05) is 7.11 Å². The molecule has 0 amide bonds. The first kappa shape index (κ1) is 14.1. The van der Waals surface area contributed by atoms with Crippen molar-refractivity contribution < 1.29 is 14.1 Å². The summed E-state index contributed by atoms with van der Waals surface area (Å²) in [6.07, 6.45) is 0. The van der Waals surface area contributed by atoms with E-state index in [1.807, 2.05) is 18.2 Å². The number of hydrogen-bond acceptors (Lipinski definition) is 4. The van der Waals surface area contributed by atoms with E-state index in [0.717, 1.165) is 10.0 Å². The number of furan rings is 1. The van der Waals surface area contributed by atoms with E-state index in [2.05, 4.69) is 31.9 Å². The lowest BCUT2D eigenvalue weighted by Crippen LogP contribution is -1.92. The van der Waals surface area contributed by atoms with Gasteiger partial charge in [-0.25, -0.2) is 0 Å². The van der Waals surface area contributed by atoms with E-state index in [0.29, 0.717) is 11.5 Å². The molecule has 0 N–H and O–H groups in total. The Hall–Kier alpha value is -1.34. The van der Waals surface area contributed by atoms with E-state index >= 15 is 0 Å². The molecule has 1 unspecified atom stereocenters. The van der Waals surface area contributed by atoms with Crippen molar-refractivity contribution in [3.63, 3.8) is 0 Å². The zero-order valence-electron chi connectivity index (χ0n) is 9.80. The molecular weight excluding hydrogens is 382 g/mol. The molecule has 0 bridgehead atoms. The van der Waals surface area contributed by atoms with Crippen LogP contribution in [0.5, 0.6) is 5.75 Å². The second kappa shape index (κ2) is 5.75. The van der Waals surface area contributed by atoms with Gasteiger partial charge in [-0.15, -0.1) is 0 Å². The third-order valence-corrected chi connectivity index (χ3v) is 4.11. The van der Waals surface area contributed by atoms with Gasteiger partial charge in [-0.3, -0.25) is 10.1 Å². The maximum Gasteiger partial charge on any atom is 0.433 e. The molecule has 19 heavy (non-hydrogen) atoms. The number of nitrogens with zero attached hydrogens (tertiary/aromatic N) is 1. The van der Waals surface area contributed by atoms with Crippen LogP contribution in [0.2, 0.25) is 0 Å². The molecule has 1 atom stereocenters. The zero-order chi connectivity index (χ0) is 14.0. The fourth-order valence-electron chi connectivity index (χ4n) is 1.58. The first-order valence-electron chi connectivity index (χ1n) is 5.24. The Balaban J connectivity index is 2.30. The maximum absolute atomic E-state index is 10.6. The predicted molar refractivity (Wildman–Crippen MR) is 76.8 cm³/mol. The molecule has 1 heterocycles. The fourth-order valence-corrected chi connectivity index (χ4v) is 2.67. The smallest absolute Gasteiger partial charge is 0.433 e. The summed E-state index contributed by atoms with van der Waals surface area (Å²) in [5.74, 6) is 0.921. The Kier molecular flexibility index (Phi) is 4.26. The number of rotatable bonds is 4. The number of alkyl halides is 1. The van der Waals surface area contributed by atoms with E-state index in [4.69, 9.17) is 9.15 Å². The Bertz CT molecular complexity index is 612. The molecule has 2 aromatic rings. The van der Waals surface area contributed by atoms with E-state index in [-0.39, 0.29) is 10.7 Å². The van der Waals surface area contributed by atoms with Crippen molar-refractivity contribution in [1.82, 2.24) is 0 Å². The Morgan fingerprint density at radius 2 is 2.11 bits per heavy atom. The summed E-state index contributed by atoms with van der Waals surface area (Å²) in [6, 6.07) is 8.45. The van der Waals surface area contributed by atoms with Crippen molar-refractivity contribution in [1.29, 1.82) is 0 Å². The predicted octanol–water partition coefficient (Wildman–Crippen LogP) is 4.44. The van der Waals surface area contributed by atoms with E-state index in [1.54, 1.807) is 13.2 Å². The molecule has 1 aromatic carbocycles. The van der Waals surface area contributed by atoms with E-state index in [1.165, 1.54) is 6.07 Å². The first-order valence-corrected chi connectivity index (χ1v) is 6.95. The number of benzene rings is 1. The second-order valence-corrected chi connectivity index (χ2v) is 5.46. The summed E-state index contributed by atoms with van der Waals surface area (Å²) in [5, 5.41) is 10.6. The van der Waals surface area contributed by atoms with Crippen molar-refractivity contribution >= 4 is 37.7 Å². The number of hydrogen-bond donors (Lipinski definition) is 0. The highest BCUT2D eigenvalue weighted by Gasteiger charge is 2.19. The van der Waals surface area contributed by atoms with Gasteiger partial charge in [0, 0.05) is 0 Å². The Morgan fingerprint density at radius 3 is 2.63 bits per heavy atom. The SMILES string of the molecule is COc1ccc(C(Br)c2ccc([N+](=O)[O-])o2)cc1Br. The molecule has 0 spiro atoms. The summed E-state index contributed by atoms with van der Waals surface area (Å²) >= 11 is 6.85. The van der Waals surface area contributed by atoms with Crippen LogP contribution < -0.4 is 4.74 Å². The lowest BCUT2D eigenvalue weighted by atomic mass is 10.1. The lowest BCUT2D eigenvalue weighted by Gasteiger charge is -2.09. The first-order chi connectivity index (χ1) is 9.02. The third-order valence-electron chi connectivity index (χ3n) is 2.51. The van der Waals surface area contributed by atoms with Crippen molar-refractivity contribution in [2.24, 2.45) is 0 Å². The quantitative estimate of drug-likeness (QED) is 0.439. The second-order valence-electron chi connectivity index (χ2n) is 3.69. The normalized spacial score (nSPS) is 12.2. The lowest BCUT2D eigenvalue weighted by molar-refractivity contribution is -0.402. The molecular formula is C12H9Br2NO4. The Morgan fingerprint density at radius 1 is 1.37 bits per heavy atom. The van der Waals surface area contributed by atoms with Crippen LogP contribution in [0.15, 0.2) is 39.2 Å². The van der Waals surface area contributed by atoms with Gasteiger partial charge in [0.2, 0.25) is 0 Å². The van der Waals surface area contributed by atoms with Crippen molar-refractivity contribution in [3.05, 3.63) is 56.2 Å². The average Bonchev–Trinajstić information content (AvgIpc) is 2.87. The highest BCUT2D eigenvalue weighted by atomic mass is 79.9. The number of ether oxygens (including phenoxy) is 1. The van der Waals surface area contributed by atoms with Crippen molar-refractivity contribution in [2.45, 2.75) is 4.83 Å². The van der Waals surface area contributed by atoms with Gasteiger partial charge in [-0.05, 0) is 39.7 Å². The summed E-state index contributed by atoms with van der Waals surface area (Å²) in [4.78, 5) is 9.76. The molecule has 0 aliphatic carbocycles. The maximum atomic E-state index is 10.6. The van der Waals surface area contributed by atoms with Crippen LogP contribution in [-0.4, -0.2) is 12.0 Å². The van der Waals surface area contributed by atoms with E-state index in [9.17, 15) is 10.1 Å². The average molecular weight is 391 g/mol. The summed E-state index contributed by atoms with van der Waals surface area (Å²) in [5.41, 5.74) is 0.900. The number of nitro groups is 1. The molecule has 5 nitrogen and oxygen atoms in total. The van der Waals surface area contributed by atoms with Crippen LogP contribution in [0.1, 0.15) is 16.2 Å². The molecule has 0 fully saturated rings. The molecule has 0 saturated carbocycles. The summed E-state index contributed by atoms with van der Waals surface area (Å²) < 4.78 is 11.1. The van der Waals surface area contributed by atoms with Crippen LogP contribution in [0, 0.1) is 10.1 Å². The Labute approximate surface area is 126 Å². The zero-order valence-corrected chi connectivity index (χ0v) is 13.0. The minimum absolute atomic E-state index is 0.261. The minimum Gasteiger partial charge on any atom is -0.496 e. The summed E-state index contributed by atoms with van der Waals surface area (Å²) in [7, 11) is 1.58. The van der Waals surface area contributed by atoms with Gasteiger partial charge in [-0.1, -0.05) is 22.0 Å².